The van der Waals surface area contributed by atoms with Crippen LogP contribution in [0.25, 0.3) is 11.2 Å². The summed E-state index contributed by atoms with van der Waals surface area (Å²) in [7, 11) is 0. The second-order valence-electron chi connectivity index (χ2n) is 7.09. The molecule has 0 bridgehead atoms. The number of carbonyl (C=O) groups is 1. The second kappa shape index (κ2) is 8.55. The van der Waals surface area contributed by atoms with Gasteiger partial charge in [0.1, 0.15) is 24.6 Å². The number of nitrogens with two attached hydrogens (primary N) is 1. The number of hydrogen-bond acceptors (Lipinski definition) is 10. The molecule has 29 heavy (non-hydrogen) atoms. The highest BCUT2D eigenvalue weighted by molar-refractivity contribution is 5.82. The van der Waals surface area contributed by atoms with Gasteiger partial charge in [-0.3, -0.25) is 9.36 Å². The minimum absolute atomic E-state index is 0.0120. The average Bonchev–Trinajstić information content (AvgIpc) is 3.41. The molecule has 5 atom stereocenters. The first-order valence-corrected chi connectivity index (χ1v) is 9.44. The third-order valence-corrected chi connectivity index (χ3v) is 5.02. The van der Waals surface area contributed by atoms with Crippen molar-refractivity contribution in [2.75, 3.05) is 31.7 Å². The van der Waals surface area contributed by atoms with Gasteiger partial charge in [-0.05, 0) is 6.42 Å². The van der Waals surface area contributed by atoms with Crippen LogP contribution in [0.2, 0.25) is 0 Å². The summed E-state index contributed by atoms with van der Waals surface area (Å²) in [5, 5.41) is 24.1. The lowest BCUT2D eigenvalue weighted by atomic mass is 10.1. The van der Waals surface area contributed by atoms with Gasteiger partial charge in [0.2, 0.25) is 5.91 Å². The van der Waals surface area contributed by atoms with E-state index in [0.29, 0.717) is 30.2 Å². The topological polar surface area (TPSA) is 167 Å². The molecule has 2 fully saturated rings. The van der Waals surface area contributed by atoms with Gasteiger partial charge in [-0.1, -0.05) is 0 Å². The van der Waals surface area contributed by atoms with Crippen LogP contribution in [0.4, 0.5) is 5.82 Å². The van der Waals surface area contributed by atoms with E-state index in [-0.39, 0.29) is 25.7 Å². The summed E-state index contributed by atoms with van der Waals surface area (Å²) in [6.45, 7) is 1.42. The predicted molar refractivity (Wildman–Crippen MR) is 98.7 cm³/mol. The van der Waals surface area contributed by atoms with Gasteiger partial charge in [-0.2, -0.15) is 0 Å². The molecule has 12 nitrogen and oxygen atoms in total. The smallest absolute Gasteiger partial charge is 0.219 e. The predicted octanol–water partition coefficient (Wildman–Crippen LogP) is -1.46. The monoisotopic (exact) mass is 408 g/mol. The Bertz CT molecular complexity index is 856. The summed E-state index contributed by atoms with van der Waals surface area (Å²) in [6.07, 6.45) is -0.187. The summed E-state index contributed by atoms with van der Waals surface area (Å²) >= 11 is 0. The molecule has 2 aliphatic rings. The number of nitrogens with one attached hydrogen (secondary N) is 1. The van der Waals surface area contributed by atoms with Crippen LogP contribution in [0.3, 0.4) is 0 Å². The molecule has 12 heteroatoms. The van der Waals surface area contributed by atoms with Gasteiger partial charge in [-0.25, -0.2) is 15.0 Å². The zero-order valence-corrected chi connectivity index (χ0v) is 15.7. The number of anilines is 1. The summed E-state index contributed by atoms with van der Waals surface area (Å²) in [5.74, 6) is 0.0950. The van der Waals surface area contributed by atoms with Crippen LogP contribution in [-0.4, -0.2) is 86.4 Å². The molecule has 2 aromatic rings. The Morgan fingerprint density at radius 1 is 1.34 bits per heavy atom. The zero-order chi connectivity index (χ0) is 20.4. The summed E-state index contributed by atoms with van der Waals surface area (Å²) in [5.41, 5.74) is 6.06. The van der Waals surface area contributed by atoms with Crippen molar-refractivity contribution in [3.8, 4) is 0 Å². The molecule has 1 amide bonds. The first-order chi connectivity index (χ1) is 14.0. The number of aromatic nitrogens is 4. The molecule has 158 valence electrons. The molecule has 0 saturated carbocycles. The molecule has 2 saturated heterocycles. The average molecular weight is 408 g/mol. The molecule has 0 unspecified atom stereocenters. The number of rotatable bonds is 8. The standard InChI is InChI=1S/C17H24N6O6/c18-11(24)2-4-28-6-10-13(25)14(26)17(29-10)23-8-21-12-15(19-7-20-16(12)23)22-9-1-3-27-5-9/h7-10,13-14,17,25-26H,1-6H2,(H2,18,24)(H,19,20,22)/t9-,10-,13-,14-,17-/m1/s1. The molecule has 0 aromatic carbocycles. The van der Waals surface area contributed by atoms with Crippen molar-refractivity contribution in [1.82, 2.24) is 19.5 Å². The van der Waals surface area contributed by atoms with Crippen molar-refractivity contribution in [3.05, 3.63) is 12.7 Å². The van der Waals surface area contributed by atoms with Gasteiger partial charge in [0, 0.05) is 13.0 Å². The van der Waals surface area contributed by atoms with E-state index in [1.54, 1.807) is 4.57 Å². The van der Waals surface area contributed by atoms with Gasteiger partial charge in [0.25, 0.3) is 0 Å². The largest absolute Gasteiger partial charge is 0.387 e. The molecule has 2 aromatic heterocycles. The van der Waals surface area contributed by atoms with Crippen LogP contribution >= 0.6 is 0 Å². The van der Waals surface area contributed by atoms with E-state index < -0.39 is 30.4 Å². The normalized spacial score (nSPS) is 29.5. The van der Waals surface area contributed by atoms with Gasteiger partial charge < -0.3 is 35.5 Å². The number of amides is 1. The number of aliphatic hydroxyl groups is 2. The maximum Gasteiger partial charge on any atom is 0.219 e. The number of hydrogen-bond donors (Lipinski definition) is 4. The van der Waals surface area contributed by atoms with E-state index in [1.165, 1.54) is 12.7 Å². The van der Waals surface area contributed by atoms with Crippen LogP contribution < -0.4 is 11.1 Å². The van der Waals surface area contributed by atoms with E-state index in [2.05, 4.69) is 20.3 Å². The molecular weight excluding hydrogens is 384 g/mol. The van der Waals surface area contributed by atoms with Gasteiger partial charge in [0.15, 0.2) is 23.2 Å². The van der Waals surface area contributed by atoms with E-state index in [0.717, 1.165) is 6.42 Å². The van der Waals surface area contributed by atoms with Crippen LogP contribution in [0.1, 0.15) is 19.1 Å². The van der Waals surface area contributed by atoms with Crippen LogP contribution in [0.15, 0.2) is 12.7 Å². The summed E-state index contributed by atoms with van der Waals surface area (Å²) < 4.78 is 18.1. The number of ether oxygens (including phenoxy) is 3. The molecule has 0 aliphatic carbocycles. The van der Waals surface area contributed by atoms with E-state index in [1.807, 2.05) is 0 Å². The Morgan fingerprint density at radius 2 is 2.21 bits per heavy atom. The Morgan fingerprint density at radius 3 is 2.97 bits per heavy atom. The minimum atomic E-state index is -1.20. The van der Waals surface area contributed by atoms with Gasteiger partial charge in [-0.15, -0.1) is 0 Å². The highest BCUT2D eigenvalue weighted by Gasteiger charge is 2.44. The van der Waals surface area contributed by atoms with Gasteiger partial charge >= 0.3 is 0 Å². The highest BCUT2D eigenvalue weighted by Crippen LogP contribution is 2.32. The third kappa shape index (κ3) is 4.16. The second-order valence-corrected chi connectivity index (χ2v) is 7.09. The molecule has 4 rings (SSSR count). The SMILES string of the molecule is NC(=O)CCOC[C@H]1O[C@@H](n2cnc3c(N[C@@H]4CCOC4)ncnc32)[C@H](O)[C@@H]1O. The quantitative estimate of drug-likeness (QED) is 0.379. The Balaban J connectivity index is 1.48. The number of fused-ring (bicyclic) bond motifs is 1. The summed E-state index contributed by atoms with van der Waals surface area (Å²) in [4.78, 5) is 23.7. The number of carbonyl (C=O) groups excluding carboxylic acids is 1. The van der Waals surface area contributed by atoms with Crippen LogP contribution in [0.5, 0.6) is 0 Å². The Labute approximate surface area is 166 Å². The fraction of sp³-hybridized carbons (Fsp3) is 0.647. The lowest BCUT2D eigenvalue weighted by molar-refractivity contribution is -0.119. The fourth-order valence-electron chi connectivity index (χ4n) is 3.45. The van der Waals surface area contributed by atoms with Crippen molar-refractivity contribution in [2.24, 2.45) is 5.73 Å². The number of primary amides is 1. The van der Waals surface area contributed by atoms with Crippen molar-refractivity contribution < 1.29 is 29.2 Å². The Hall–Kier alpha value is -2.38. The number of aliphatic hydroxyl groups excluding tert-OH is 2. The maximum absolute atomic E-state index is 10.8. The first-order valence-electron chi connectivity index (χ1n) is 9.44. The Kier molecular flexibility index (Phi) is 5.87. The van der Waals surface area contributed by atoms with Crippen LogP contribution in [0, 0.1) is 0 Å². The molecular formula is C17H24N6O6. The molecule has 2 aliphatic heterocycles. The highest BCUT2D eigenvalue weighted by atomic mass is 16.6. The number of nitrogens with zero attached hydrogens (tertiary/aromatic N) is 4. The summed E-state index contributed by atoms with van der Waals surface area (Å²) in [6, 6.07) is 0.148. The van der Waals surface area contributed by atoms with E-state index in [9.17, 15) is 15.0 Å². The van der Waals surface area contributed by atoms with E-state index >= 15 is 0 Å². The van der Waals surface area contributed by atoms with Crippen molar-refractivity contribution >= 4 is 22.9 Å². The lowest BCUT2D eigenvalue weighted by Crippen LogP contribution is -2.34. The fourth-order valence-corrected chi connectivity index (χ4v) is 3.45. The van der Waals surface area contributed by atoms with Crippen molar-refractivity contribution in [2.45, 2.75) is 43.4 Å². The molecule has 4 heterocycles. The molecule has 0 radical (unpaired) electrons. The molecule has 5 N–H and O–H groups in total. The van der Waals surface area contributed by atoms with Gasteiger partial charge in [0.05, 0.1) is 32.2 Å². The minimum Gasteiger partial charge on any atom is -0.387 e. The third-order valence-electron chi connectivity index (χ3n) is 5.02. The van der Waals surface area contributed by atoms with Crippen molar-refractivity contribution in [1.29, 1.82) is 0 Å². The zero-order valence-electron chi connectivity index (χ0n) is 15.7. The number of imidazole rings is 1. The van der Waals surface area contributed by atoms with Crippen LogP contribution in [-0.2, 0) is 19.0 Å². The lowest BCUT2D eigenvalue weighted by Gasteiger charge is -2.17. The van der Waals surface area contributed by atoms with E-state index in [4.69, 9.17) is 19.9 Å². The molecule has 0 spiro atoms. The maximum atomic E-state index is 10.8. The van der Waals surface area contributed by atoms with Crippen molar-refractivity contribution in [3.63, 3.8) is 0 Å². The first kappa shape index (κ1) is 19.9.